The number of benzene rings is 2. The zero-order chi connectivity index (χ0) is 24.8. The van der Waals surface area contributed by atoms with Crippen molar-refractivity contribution in [3.05, 3.63) is 54.1 Å². The zero-order valence-electron chi connectivity index (χ0n) is 21.0. The van der Waals surface area contributed by atoms with Crippen molar-refractivity contribution in [2.24, 2.45) is 21.1 Å². The fourth-order valence-electron chi connectivity index (χ4n) is 6.50. The van der Waals surface area contributed by atoms with Gasteiger partial charge in [0.25, 0.3) is 5.91 Å². The molecule has 1 aliphatic heterocycles. The van der Waals surface area contributed by atoms with Crippen molar-refractivity contribution in [1.29, 1.82) is 0 Å². The van der Waals surface area contributed by atoms with Crippen molar-refractivity contribution in [3.8, 4) is 11.6 Å². The van der Waals surface area contributed by atoms with Crippen LogP contribution in [0.1, 0.15) is 45.6 Å². The number of aromatic nitrogens is 1. The number of azo groups is 1. The first kappa shape index (κ1) is 23.5. The zero-order valence-corrected chi connectivity index (χ0v) is 21.0. The van der Waals surface area contributed by atoms with Crippen molar-refractivity contribution >= 4 is 22.5 Å². The second kappa shape index (κ2) is 8.79. The Morgan fingerprint density at radius 1 is 1.11 bits per heavy atom. The Labute approximate surface area is 206 Å². The van der Waals surface area contributed by atoms with Crippen LogP contribution in [0.2, 0.25) is 0 Å². The molecule has 2 aromatic carbocycles. The molecular formula is C28H34N4O3. The summed E-state index contributed by atoms with van der Waals surface area (Å²) in [5, 5.41) is 20.2. The third kappa shape index (κ3) is 4.69. The Morgan fingerprint density at radius 2 is 1.86 bits per heavy atom. The molecule has 2 fully saturated rings. The predicted octanol–water partition coefficient (Wildman–Crippen LogP) is 6.07. The maximum absolute atomic E-state index is 12.5. The molecule has 5 rings (SSSR count). The van der Waals surface area contributed by atoms with Crippen LogP contribution in [0.3, 0.4) is 0 Å². The molecule has 2 heterocycles. The molecule has 1 saturated carbocycles. The van der Waals surface area contributed by atoms with Crippen LogP contribution in [0.25, 0.3) is 10.9 Å². The van der Waals surface area contributed by atoms with Gasteiger partial charge >= 0.3 is 0 Å². The second-order valence-corrected chi connectivity index (χ2v) is 11.3. The highest BCUT2D eigenvalue weighted by molar-refractivity contribution is 5.95. The number of para-hydroxylation sites is 1. The molecule has 1 saturated heterocycles. The summed E-state index contributed by atoms with van der Waals surface area (Å²) < 4.78 is 7.07. The fourth-order valence-corrected chi connectivity index (χ4v) is 6.50. The quantitative estimate of drug-likeness (QED) is 0.440. The first-order chi connectivity index (χ1) is 16.7. The van der Waals surface area contributed by atoms with E-state index in [-0.39, 0.29) is 18.2 Å². The number of fused-ring (bicyclic) bond motifs is 3. The Morgan fingerprint density at radius 3 is 2.60 bits per heavy atom. The van der Waals surface area contributed by atoms with Gasteiger partial charge in [-0.3, -0.25) is 14.3 Å². The summed E-state index contributed by atoms with van der Waals surface area (Å²) in [6.07, 6.45) is 3.72. The molecule has 7 heteroatoms. The summed E-state index contributed by atoms with van der Waals surface area (Å²) in [4.78, 5) is 15.0. The lowest BCUT2D eigenvalue weighted by molar-refractivity contribution is -0.117. The number of amides is 1. The van der Waals surface area contributed by atoms with Gasteiger partial charge < -0.3 is 9.84 Å². The highest BCUT2D eigenvalue weighted by Crippen LogP contribution is 2.53. The van der Waals surface area contributed by atoms with Crippen molar-refractivity contribution in [1.82, 2.24) is 9.47 Å². The fraction of sp³-hybridized carbons (Fsp3) is 0.464. The minimum absolute atomic E-state index is 0.0538. The van der Waals surface area contributed by atoms with E-state index in [9.17, 15) is 9.90 Å². The van der Waals surface area contributed by atoms with Gasteiger partial charge in [-0.15, -0.1) is 10.2 Å². The van der Waals surface area contributed by atoms with Gasteiger partial charge in [-0.2, -0.15) is 0 Å². The molecule has 2 bridgehead atoms. The third-order valence-corrected chi connectivity index (χ3v) is 7.54. The normalized spacial score (nSPS) is 23.8. The molecule has 1 N–H and O–H groups in total. The molecule has 3 aromatic rings. The van der Waals surface area contributed by atoms with Gasteiger partial charge in [-0.05, 0) is 53.9 Å². The van der Waals surface area contributed by atoms with Crippen molar-refractivity contribution in [3.63, 3.8) is 0 Å². The molecule has 35 heavy (non-hydrogen) atoms. The van der Waals surface area contributed by atoms with E-state index in [1.54, 1.807) is 7.11 Å². The average molecular weight is 475 g/mol. The maximum atomic E-state index is 12.5. The van der Waals surface area contributed by atoms with Gasteiger partial charge in [-0.1, -0.05) is 51.1 Å². The van der Waals surface area contributed by atoms with E-state index in [0.717, 1.165) is 35.2 Å². The van der Waals surface area contributed by atoms with Crippen molar-refractivity contribution in [2.45, 2.75) is 59.2 Å². The van der Waals surface area contributed by atoms with Crippen LogP contribution < -0.4 is 4.74 Å². The van der Waals surface area contributed by atoms with E-state index in [1.807, 2.05) is 53.1 Å². The van der Waals surface area contributed by atoms with E-state index in [2.05, 4.69) is 35.9 Å². The molecule has 0 unspecified atom stereocenters. The number of hydrogen-bond donors (Lipinski definition) is 1. The first-order valence-corrected chi connectivity index (χ1v) is 12.3. The van der Waals surface area contributed by atoms with E-state index in [0.29, 0.717) is 29.2 Å². The van der Waals surface area contributed by atoms with E-state index < -0.39 is 0 Å². The SMILES string of the molecule is COc1ccc(CC(=O)N=Nc2c(O)n(CN3C[C@]4(C)C[C@H]3CC(C)(C)C4)c3ccccc23)cc1. The Kier molecular flexibility index (Phi) is 5.91. The molecule has 0 spiro atoms. The van der Waals surface area contributed by atoms with Gasteiger partial charge in [0.15, 0.2) is 5.69 Å². The summed E-state index contributed by atoms with van der Waals surface area (Å²) in [7, 11) is 1.61. The topological polar surface area (TPSA) is 79.4 Å². The smallest absolute Gasteiger partial charge is 0.269 e. The summed E-state index contributed by atoms with van der Waals surface area (Å²) in [5.74, 6) is 0.424. The first-order valence-electron chi connectivity index (χ1n) is 12.3. The predicted molar refractivity (Wildman–Crippen MR) is 136 cm³/mol. The monoisotopic (exact) mass is 474 g/mol. The summed E-state index contributed by atoms with van der Waals surface area (Å²) in [6, 6.07) is 15.6. The number of methoxy groups -OCH3 is 1. The Bertz CT molecular complexity index is 1280. The van der Waals surface area contributed by atoms with E-state index in [1.165, 1.54) is 12.8 Å². The van der Waals surface area contributed by atoms with Crippen LogP contribution >= 0.6 is 0 Å². The molecule has 184 valence electrons. The van der Waals surface area contributed by atoms with Crippen LogP contribution in [0.5, 0.6) is 11.6 Å². The number of hydrogen-bond acceptors (Lipinski definition) is 5. The van der Waals surface area contributed by atoms with Crippen molar-refractivity contribution < 1.29 is 14.6 Å². The average Bonchev–Trinajstić information content (AvgIpc) is 3.21. The van der Waals surface area contributed by atoms with Gasteiger partial charge in [0.1, 0.15) is 5.75 Å². The number of ether oxygens (including phenoxy) is 1. The molecular weight excluding hydrogens is 440 g/mol. The minimum atomic E-state index is -0.366. The molecule has 7 nitrogen and oxygen atoms in total. The molecule has 0 radical (unpaired) electrons. The molecule has 1 aromatic heterocycles. The standard InChI is InChI=1S/C28H34N4O3/c1-27(2)14-20-15-28(3,16-27)17-31(20)18-32-23-8-6-5-7-22(23)25(26(32)34)30-29-24(33)13-19-9-11-21(35-4)12-10-19/h5-12,20,34H,13-18H2,1-4H3/t20-,28-/m1/s1. The van der Waals surface area contributed by atoms with Crippen LogP contribution in [-0.2, 0) is 17.9 Å². The van der Waals surface area contributed by atoms with Gasteiger partial charge in [0.05, 0.1) is 25.7 Å². The lowest BCUT2D eigenvalue weighted by Crippen LogP contribution is -2.35. The highest BCUT2D eigenvalue weighted by atomic mass is 16.5. The lowest BCUT2D eigenvalue weighted by atomic mass is 9.65. The number of carbonyl (C=O) groups is 1. The van der Waals surface area contributed by atoms with Crippen LogP contribution in [0.4, 0.5) is 5.69 Å². The van der Waals surface area contributed by atoms with E-state index >= 15 is 0 Å². The minimum Gasteiger partial charge on any atom is -0.497 e. The maximum Gasteiger partial charge on any atom is 0.269 e. The van der Waals surface area contributed by atoms with Crippen LogP contribution in [0, 0.1) is 10.8 Å². The summed E-state index contributed by atoms with van der Waals surface area (Å²) in [5.41, 5.74) is 2.71. The van der Waals surface area contributed by atoms with Crippen LogP contribution in [0.15, 0.2) is 58.8 Å². The number of aromatic hydroxyl groups is 1. The Balaban J connectivity index is 1.39. The largest absolute Gasteiger partial charge is 0.497 e. The molecule has 2 aliphatic rings. The van der Waals surface area contributed by atoms with Gasteiger partial charge in [0.2, 0.25) is 5.88 Å². The number of likely N-dealkylation sites (tertiary alicyclic amines) is 1. The van der Waals surface area contributed by atoms with Crippen LogP contribution in [-0.4, -0.2) is 40.2 Å². The summed E-state index contributed by atoms with van der Waals surface area (Å²) >= 11 is 0. The number of rotatable bonds is 6. The van der Waals surface area contributed by atoms with Gasteiger partial charge in [-0.25, -0.2) is 0 Å². The van der Waals surface area contributed by atoms with E-state index in [4.69, 9.17) is 4.74 Å². The number of carbonyl (C=O) groups excluding carboxylic acids is 1. The van der Waals surface area contributed by atoms with Gasteiger partial charge in [0, 0.05) is 18.0 Å². The second-order valence-electron chi connectivity index (χ2n) is 11.3. The van der Waals surface area contributed by atoms with Crippen molar-refractivity contribution in [2.75, 3.05) is 13.7 Å². The lowest BCUT2D eigenvalue weighted by Gasteiger charge is -2.40. The summed E-state index contributed by atoms with van der Waals surface area (Å²) in [6.45, 7) is 8.74. The molecule has 1 aliphatic carbocycles. The Hall–Kier alpha value is -3.19. The third-order valence-electron chi connectivity index (χ3n) is 7.54. The number of nitrogens with zero attached hydrogens (tertiary/aromatic N) is 4. The molecule has 1 amide bonds. The molecule has 2 atom stereocenters. The highest BCUT2D eigenvalue weighted by Gasteiger charge is 2.49.